The first kappa shape index (κ1) is 23.3. The van der Waals surface area contributed by atoms with Gasteiger partial charge >= 0.3 is 6.09 Å². The normalized spacial score (nSPS) is 21.5. The molecule has 0 bridgehead atoms. The molecule has 0 aromatic heterocycles. The van der Waals surface area contributed by atoms with Crippen LogP contribution in [0.25, 0.3) is 11.1 Å². The molecule has 7 heteroatoms. The number of nitrogens with one attached hydrogen (secondary N) is 1. The molecular formula is C26H32N2O5. The smallest absolute Gasteiger partial charge is 0.407 e. The van der Waals surface area contributed by atoms with Crippen molar-refractivity contribution in [2.45, 2.75) is 63.3 Å². The number of nitrogens with zero attached hydrogens (tertiary/aromatic N) is 1. The van der Waals surface area contributed by atoms with Crippen LogP contribution in [0.2, 0.25) is 0 Å². The summed E-state index contributed by atoms with van der Waals surface area (Å²) in [6.07, 6.45) is 0.681. The van der Waals surface area contributed by atoms with Crippen molar-refractivity contribution in [3.05, 3.63) is 59.7 Å². The lowest BCUT2D eigenvalue weighted by Crippen LogP contribution is -2.41. The first-order chi connectivity index (χ1) is 16.0. The minimum atomic E-state index is -0.905. The zero-order chi connectivity index (χ0) is 23.4. The fourth-order valence-corrected chi connectivity index (χ4v) is 4.92. The summed E-state index contributed by atoms with van der Waals surface area (Å²) < 4.78 is 5.52. The van der Waals surface area contributed by atoms with Crippen molar-refractivity contribution in [1.82, 2.24) is 10.2 Å². The van der Waals surface area contributed by atoms with Crippen LogP contribution in [0.3, 0.4) is 0 Å². The fraction of sp³-hybridized carbons (Fsp3) is 0.462. The number of aliphatic hydroxyl groups excluding tert-OH is 2. The number of benzene rings is 2. The van der Waals surface area contributed by atoms with Crippen LogP contribution in [-0.4, -0.2) is 58.6 Å². The maximum Gasteiger partial charge on any atom is 0.407 e. The number of aliphatic hydroxyl groups is 2. The van der Waals surface area contributed by atoms with E-state index in [-0.39, 0.29) is 30.9 Å². The van der Waals surface area contributed by atoms with E-state index < -0.39 is 18.4 Å². The van der Waals surface area contributed by atoms with Gasteiger partial charge in [-0.25, -0.2) is 4.79 Å². The molecule has 1 fully saturated rings. The van der Waals surface area contributed by atoms with Gasteiger partial charge < -0.3 is 25.2 Å². The number of unbranched alkanes of at least 4 members (excludes halogenated alkanes) is 2. The molecular weight excluding hydrogens is 420 g/mol. The summed E-state index contributed by atoms with van der Waals surface area (Å²) in [4.78, 5) is 25.9. The summed E-state index contributed by atoms with van der Waals surface area (Å²) in [6.45, 7) is 2.51. The summed E-state index contributed by atoms with van der Waals surface area (Å²) >= 11 is 0. The Morgan fingerprint density at radius 3 is 2.24 bits per heavy atom. The average molecular weight is 453 g/mol. The molecule has 33 heavy (non-hydrogen) atoms. The second kappa shape index (κ2) is 10.4. The first-order valence-electron chi connectivity index (χ1n) is 11.7. The van der Waals surface area contributed by atoms with E-state index in [2.05, 4.69) is 29.6 Å². The van der Waals surface area contributed by atoms with Crippen LogP contribution >= 0.6 is 0 Å². The van der Waals surface area contributed by atoms with Gasteiger partial charge in [-0.2, -0.15) is 0 Å². The van der Waals surface area contributed by atoms with E-state index in [1.165, 1.54) is 27.2 Å². The number of alkyl carbamates (subject to hydrolysis) is 1. The van der Waals surface area contributed by atoms with Gasteiger partial charge in [0.05, 0.1) is 12.1 Å². The van der Waals surface area contributed by atoms with Crippen molar-refractivity contribution < 1.29 is 24.5 Å². The molecule has 2 amide bonds. The van der Waals surface area contributed by atoms with Gasteiger partial charge in [0.25, 0.3) is 0 Å². The van der Waals surface area contributed by atoms with Crippen LogP contribution < -0.4 is 5.32 Å². The van der Waals surface area contributed by atoms with E-state index in [4.69, 9.17) is 4.74 Å². The monoisotopic (exact) mass is 452 g/mol. The third-order valence-corrected chi connectivity index (χ3v) is 6.74. The topological polar surface area (TPSA) is 99.1 Å². The van der Waals surface area contributed by atoms with E-state index in [1.54, 1.807) is 6.92 Å². The quantitative estimate of drug-likeness (QED) is 0.533. The van der Waals surface area contributed by atoms with Gasteiger partial charge in [0.15, 0.2) is 0 Å². The molecule has 3 N–H and O–H groups in total. The Hall–Kier alpha value is -2.90. The van der Waals surface area contributed by atoms with E-state index in [9.17, 15) is 19.8 Å². The minimum absolute atomic E-state index is 0.0380. The average Bonchev–Trinajstić information content (AvgIpc) is 3.27. The number of ether oxygens (including phenoxy) is 1. The van der Waals surface area contributed by atoms with Gasteiger partial charge in [-0.15, -0.1) is 0 Å². The summed E-state index contributed by atoms with van der Waals surface area (Å²) in [5.41, 5.74) is 4.76. The lowest BCUT2D eigenvalue weighted by atomic mass is 9.98. The van der Waals surface area contributed by atoms with Gasteiger partial charge in [0.1, 0.15) is 12.8 Å². The maximum absolute atomic E-state index is 12.3. The lowest BCUT2D eigenvalue weighted by Gasteiger charge is -2.25. The molecule has 0 radical (unpaired) electrons. The molecule has 1 aliphatic heterocycles. The molecule has 1 aliphatic carbocycles. The lowest BCUT2D eigenvalue weighted by molar-refractivity contribution is -0.140. The molecule has 0 saturated carbocycles. The van der Waals surface area contributed by atoms with Crippen molar-refractivity contribution >= 4 is 12.0 Å². The van der Waals surface area contributed by atoms with Crippen LogP contribution in [-0.2, 0) is 9.53 Å². The molecule has 2 aromatic rings. The molecule has 2 aliphatic rings. The van der Waals surface area contributed by atoms with Crippen LogP contribution in [0.1, 0.15) is 56.1 Å². The first-order valence-corrected chi connectivity index (χ1v) is 11.7. The summed E-state index contributed by atoms with van der Waals surface area (Å²) in [7, 11) is 0. The number of hydrogen-bond donors (Lipinski definition) is 3. The van der Waals surface area contributed by atoms with Gasteiger partial charge in [0, 0.05) is 25.3 Å². The van der Waals surface area contributed by atoms with Crippen LogP contribution in [0.5, 0.6) is 0 Å². The Morgan fingerprint density at radius 2 is 1.64 bits per heavy atom. The number of rotatable bonds is 8. The molecule has 0 spiro atoms. The van der Waals surface area contributed by atoms with Crippen molar-refractivity contribution in [2.24, 2.45) is 0 Å². The Bertz CT molecular complexity index is 949. The van der Waals surface area contributed by atoms with Gasteiger partial charge in [0.2, 0.25) is 5.91 Å². The Labute approximate surface area is 194 Å². The standard InChI is InChI=1S/C26H32N2O5/c1-17-23(29)15-25(31)28(17)24(30)13-3-2-8-14-27-26(32)33-16-22-20-11-6-4-9-18(20)19-10-5-7-12-21(19)22/h4-7,9-12,17,22-23,25,29,31H,2-3,8,13-16H2,1H3,(H,27,32). The maximum atomic E-state index is 12.3. The second-order valence-corrected chi connectivity index (χ2v) is 8.89. The molecule has 176 valence electrons. The predicted molar refractivity (Wildman–Crippen MR) is 124 cm³/mol. The van der Waals surface area contributed by atoms with E-state index in [0.717, 1.165) is 12.8 Å². The molecule has 3 atom stereocenters. The summed E-state index contributed by atoms with van der Waals surface area (Å²) in [5, 5.41) is 22.5. The SMILES string of the molecule is CC1C(O)CC(O)N1C(=O)CCCCCNC(=O)OCC1c2ccccc2-c2ccccc21. The van der Waals surface area contributed by atoms with Crippen LogP contribution in [0, 0.1) is 0 Å². The van der Waals surface area contributed by atoms with E-state index >= 15 is 0 Å². The molecule has 7 nitrogen and oxygen atoms in total. The molecule has 3 unspecified atom stereocenters. The Kier molecular flexibility index (Phi) is 7.30. The molecule has 1 saturated heterocycles. The van der Waals surface area contributed by atoms with Crippen molar-refractivity contribution in [2.75, 3.05) is 13.2 Å². The highest BCUT2D eigenvalue weighted by atomic mass is 16.5. The van der Waals surface area contributed by atoms with Crippen LogP contribution in [0.4, 0.5) is 4.79 Å². The van der Waals surface area contributed by atoms with Gasteiger partial charge in [-0.3, -0.25) is 4.79 Å². The number of fused-ring (bicyclic) bond motifs is 3. The van der Waals surface area contributed by atoms with Crippen LogP contribution in [0.15, 0.2) is 48.5 Å². The Morgan fingerprint density at radius 1 is 1.00 bits per heavy atom. The highest BCUT2D eigenvalue weighted by Crippen LogP contribution is 2.44. The minimum Gasteiger partial charge on any atom is -0.449 e. The molecule has 4 rings (SSSR count). The molecule has 2 aromatic carbocycles. The Balaban J connectivity index is 1.15. The largest absolute Gasteiger partial charge is 0.449 e. The van der Waals surface area contributed by atoms with Crippen molar-refractivity contribution in [3.63, 3.8) is 0 Å². The van der Waals surface area contributed by atoms with Gasteiger partial charge in [-0.1, -0.05) is 55.0 Å². The predicted octanol–water partition coefficient (Wildman–Crippen LogP) is 3.39. The van der Waals surface area contributed by atoms with Crippen molar-refractivity contribution in [3.8, 4) is 11.1 Å². The third-order valence-electron chi connectivity index (χ3n) is 6.74. The highest BCUT2D eigenvalue weighted by Gasteiger charge is 2.38. The summed E-state index contributed by atoms with van der Waals surface area (Å²) in [5.74, 6) is -0.105. The second-order valence-electron chi connectivity index (χ2n) is 8.89. The van der Waals surface area contributed by atoms with Crippen molar-refractivity contribution in [1.29, 1.82) is 0 Å². The molecule has 1 heterocycles. The van der Waals surface area contributed by atoms with E-state index in [1.807, 2.05) is 24.3 Å². The zero-order valence-electron chi connectivity index (χ0n) is 18.9. The highest BCUT2D eigenvalue weighted by molar-refractivity contribution is 5.79. The number of likely N-dealkylation sites (tertiary alicyclic amines) is 1. The number of amides is 2. The zero-order valence-corrected chi connectivity index (χ0v) is 18.9. The third kappa shape index (κ3) is 5.04. The summed E-state index contributed by atoms with van der Waals surface area (Å²) in [6, 6.07) is 16.1. The number of carbonyl (C=O) groups is 2. The number of carbonyl (C=O) groups excluding carboxylic acids is 2. The van der Waals surface area contributed by atoms with Gasteiger partial charge in [-0.05, 0) is 42.0 Å². The fourth-order valence-electron chi connectivity index (χ4n) is 4.92. The number of hydrogen-bond acceptors (Lipinski definition) is 5. The van der Waals surface area contributed by atoms with E-state index in [0.29, 0.717) is 19.4 Å².